The van der Waals surface area contributed by atoms with Crippen molar-refractivity contribution in [3.63, 3.8) is 0 Å². The number of rotatable bonds is 6. The minimum atomic E-state index is 0.767. The van der Waals surface area contributed by atoms with Crippen molar-refractivity contribution in [1.29, 1.82) is 0 Å². The van der Waals surface area contributed by atoms with Crippen LogP contribution in [0.4, 0.5) is 0 Å². The molecule has 0 fully saturated rings. The molecule has 96 valence electrons. The Morgan fingerprint density at radius 1 is 1.35 bits per heavy atom. The summed E-state index contributed by atoms with van der Waals surface area (Å²) < 4.78 is 5.88. The van der Waals surface area contributed by atoms with Gasteiger partial charge in [-0.1, -0.05) is 34.5 Å². The van der Waals surface area contributed by atoms with Crippen LogP contribution in [0.3, 0.4) is 0 Å². The van der Waals surface area contributed by atoms with Crippen molar-refractivity contribution in [3.05, 3.63) is 27.8 Å². The van der Waals surface area contributed by atoms with Gasteiger partial charge in [0, 0.05) is 10.4 Å². The van der Waals surface area contributed by atoms with Gasteiger partial charge in [-0.15, -0.1) is 0 Å². The number of alkyl halides is 1. The Hall–Kier alpha value is -0.210. The summed E-state index contributed by atoms with van der Waals surface area (Å²) in [5, 5.41) is 1.85. The van der Waals surface area contributed by atoms with Crippen molar-refractivity contribution in [3.8, 4) is 5.75 Å². The van der Waals surface area contributed by atoms with E-state index in [0.29, 0.717) is 0 Å². The molecule has 1 aromatic rings. The maximum Gasteiger partial charge on any atom is 0.125 e. The normalized spacial score (nSPS) is 10.6. The van der Waals surface area contributed by atoms with Gasteiger partial charge in [0.25, 0.3) is 0 Å². The van der Waals surface area contributed by atoms with Crippen LogP contribution in [0, 0.1) is 13.8 Å². The van der Waals surface area contributed by atoms with Gasteiger partial charge in [-0.05, 0) is 55.9 Å². The zero-order valence-corrected chi connectivity index (χ0v) is 13.1. The van der Waals surface area contributed by atoms with E-state index in [0.717, 1.165) is 53.1 Å². The molecule has 0 amide bonds. The molecule has 3 heteroatoms. The van der Waals surface area contributed by atoms with Gasteiger partial charge in [-0.25, -0.2) is 0 Å². The molecule has 1 nitrogen and oxygen atoms in total. The first kappa shape index (κ1) is 14.8. The van der Waals surface area contributed by atoms with E-state index in [1.165, 1.54) is 5.56 Å². The average molecular weight is 320 g/mol. The summed E-state index contributed by atoms with van der Waals surface area (Å²) in [4.78, 5) is 0. The Morgan fingerprint density at radius 2 is 2.06 bits per heavy atom. The van der Waals surface area contributed by atoms with Crippen LogP contribution in [0.1, 0.15) is 36.5 Å². The fraction of sp³-hybridized carbons (Fsp3) is 0.571. The lowest BCUT2D eigenvalue weighted by atomic mass is 10.00. The summed E-state index contributed by atoms with van der Waals surface area (Å²) in [6.45, 7) is 7.03. The van der Waals surface area contributed by atoms with E-state index in [-0.39, 0.29) is 0 Å². The minimum absolute atomic E-state index is 0.767. The predicted octanol–water partition coefficient (Wildman–Crippen LogP) is 5.07. The first-order valence-corrected chi connectivity index (χ1v) is 7.59. The molecule has 0 aliphatic heterocycles. The Balaban J connectivity index is 3.09. The third-order valence-electron chi connectivity index (χ3n) is 2.80. The topological polar surface area (TPSA) is 9.23 Å². The highest BCUT2D eigenvalue weighted by molar-refractivity contribution is 9.09. The van der Waals surface area contributed by atoms with E-state index in [4.69, 9.17) is 16.3 Å². The molecule has 0 spiro atoms. The second-order valence-electron chi connectivity index (χ2n) is 4.25. The average Bonchev–Trinajstić information content (AvgIpc) is 2.30. The van der Waals surface area contributed by atoms with Crippen LogP contribution >= 0.6 is 27.5 Å². The van der Waals surface area contributed by atoms with Crippen molar-refractivity contribution >= 4 is 27.5 Å². The third-order valence-corrected chi connectivity index (χ3v) is 3.75. The van der Waals surface area contributed by atoms with Gasteiger partial charge in [0.05, 0.1) is 6.61 Å². The standard InChI is InChI=1S/C14H20BrClO/c1-4-8-17-14-10(2)9-13(16)11(3)12(14)6-5-7-15/h9H,4-8H2,1-3H3. The molecule has 0 unspecified atom stereocenters. The molecule has 0 aliphatic carbocycles. The summed E-state index contributed by atoms with van der Waals surface area (Å²) >= 11 is 9.71. The molecule has 0 aliphatic rings. The molecular weight excluding hydrogens is 300 g/mol. The zero-order chi connectivity index (χ0) is 12.8. The van der Waals surface area contributed by atoms with Gasteiger partial charge in [-0.2, -0.15) is 0 Å². The molecule has 0 N–H and O–H groups in total. The molecule has 1 rings (SSSR count). The Bertz CT molecular complexity index is 377. The predicted molar refractivity (Wildman–Crippen MR) is 78.8 cm³/mol. The number of ether oxygens (including phenoxy) is 1. The molecule has 0 aromatic heterocycles. The summed E-state index contributed by atoms with van der Waals surface area (Å²) in [6, 6.07) is 2.00. The smallest absolute Gasteiger partial charge is 0.125 e. The highest BCUT2D eigenvalue weighted by atomic mass is 79.9. The van der Waals surface area contributed by atoms with Gasteiger partial charge >= 0.3 is 0 Å². The zero-order valence-electron chi connectivity index (χ0n) is 10.8. The van der Waals surface area contributed by atoms with Gasteiger partial charge in [0.15, 0.2) is 0 Å². The van der Waals surface area contributed by atoms with Gasteiger partial charge in [-0.3, -0.25) is 0 Å². The van der Waals surface area contributed by atoms with Crippen LogP contribution in [0.5, 0.6) is 5.75 Å². The monoisotopic (exact) mass is 318 g/mol. The van der Waals surface area contributed by atoms with E-state index in [9.17, 15) is 0 Å². The lowest BCUT2D eigenvalue weighted by Crippen LogP contribution is -2.04. The molecule has 0 bridgehead atoms. The SMILES string of the molecule is CCCOc1c(C)cc(Cl)c(C)c1CCCBr. The highest BCUT2D eigenvalue weighted by Gasteiger charge is 2.13. The van der Waals surface area contributed by atoms with E-state index < -0.39 is 0 Å². The quantitative estimate of drug-likeness (QED) is 0.665. The van der Waals surface area contributed by atoms with Crippen LogP contribution in [0.15, 0.2) is 6.07 Å². The number of hydrogen-bond acceptors (Lipinski definition) is 1. The minimum Gasteiger partial charge on any atom is -0.493 e. The Kier molecular flexibility index (Phi) is 6.35. The first-order valence-electron chi connectivity index (χ1n) is 6.09. The molecule has 0 saturated heterocycles. The second-order valence-corrected chi connectivity index (χ2v) is 5.45. The molecule has 0 heterocycles. The maximum absolute atomic E-state index is 6.24. The van der Waals surface area contributed by atoms with E-state index in [1.807, 2.05) is 6.07 Å². The molecule has 0 atom stereocenters. The summed E-state index contributed by atoms with van der Waals surface area (Å²) in [6.07, 6.45) is 3.14. The number of hydrogen-bond donors (Lipinski definition) is 0. The van der Waals surface area contributed by atoms with Crippen LogP contribution in [0.25, 0.3) is 0 Å². The number of benzene rings is 1. The highest BCUT2D eigenvalue weighted by Crippen LogP contribution is 2.33. The Morgan fingerprint density at radius 3 is 2.65 bits per heavy atom. The largest absolute Gasteiger partial charge is 0.493 e. The first-order chi connectivity index (χ1) is 8.11. The molecule has 17 heavy (non-hydrogen) atoms. The van der Waals surface area contributed by atoms with Crippen LogP contribution in [-0.4, -0.2) is 11.9 Å². The van der Waals surface area contributed by atoms with E-state index in [2.05, 4.69) is 36.7 Å². The van der Waals surface area contributed by atoms with Crippen molar-refractivity contribution < 1.29 is 4.74 Å². The van der Waals surface area contributed by atoms with Crippen LogP contribution in [0.2, 0.25) is 5.02 Å². The lowest BCUT2D eigenvalue weighted by molar-refractivity contribution is 0.311. The second kappa shape index (κ2) is 7.27. The Labute approximate surface area is 118 Å². The van der Waals surface area contributed by atoms with E-state index in [1.54, 1.807) is 0 Å². The fourth-order valence-corrected chi connectivity index (χ4v) is 2.42. The number of halogens is 2. The summed E-state index contributed by atoms with van der Waals surface area (Å²) in [5.41, 5.74) is 3.56. The van der Waals surface area contributed by atoms with Crippen LogP contribution < -0.4 is 4.74 Å². The van der Waals surface area contributed by atoms with E-state index >= 15 is 0 Å². The van der Waals surface area contributed by atoms with Gasteiger partial charge < -0.3 is 4.74 Å². The maximum atomic E-state index is 6.24. The third kappa shape index (κ3) is 3.89. The molecule has 1 aromatic carbocycles. The summed E-state index contributed by atoms with van der Waals surface area (Å²) in [5.74, 6) is 1.04. The molecule has 0 radical (unpaired) electrons. The van der Waals surface area contributed by atoms with Crippen molar-refractivity contribution in [2.45, 2.75) is 40.0 Å². The fourth-order valence-electron chi connectivity index (χ4n) is 1.87. The van der Waals surface area contributed by atoms with Crippen LogP contribution in [-0.2, 0) is 6.42 Å². The van der Waals surface area contributed by atoms with Gasteiger partial charge in [0.1, 0.15) is 5.75 Å². The van der Waals surface area contributed by atoms with Crippen molar-refractivity contribution in [2.75, 3.05) is 11.9 Å². The number of aryl methyl sites for hydroxylation is 1. The van der Waals surface area contributed by atoms with Crippen molar-refractivity contribution in [2.24, 2.45) is 0 Å². The van der Waals surface area contributed by atoms with Gasteiger partial charge in [0.2, 0.25) is 0 Å². The summed E-state index contributed by atoms with van der Waals surface area (Å²) in [7, 11) is 0. The molecule has 0 saturated carbocycles. The molecular formula is C14H20BrClO. The lowest BCUT2D eigenvalue weighted by Gasteiger charge is -2.17. The van der Waals surface area contributed by atoms with Crippen molar-refractivity contribution in [1.82, 2.24) is 0 Å².